The van der Waals surface area contributed by atoms with Gasteiger partial charge in [0.2, 0.25) is 10.6 Å². The lowest BCUT2D eigenvalue weighted by Crippen LogP contribution is -2.04. The second-order valence-corrected chi connectivity index (χ2v) is 4.48. The molecule has 0 radical (unpaired) electrons. The number of halogens is 2. The van der Waals surface area contributed by atoms with Gasteiger partial charge in [0.05, 0.1) is 0 Å². The van der Waals surface area contributed by atoms with Crippen LogP contribution in [0.25, 0.3) is 0 Å². The fraction of sp³-hybridized carbons (Fsp3) is 0.250. The number of hydrogen-bond donors (Lipinski definition) is 0. The van der Waals surface area contributed by atoms with Crippen LogP contribution in [0.2, 0.25) is 10.6 Å². The maximum absolute atomic E-state index is 5.73. The van der Waals surface area contributed by atoms with Crippen molar-refractivity contribution in [2.75, 3.05) is 0 Å². The summed E-state index contributed by atoms with van der Waals surface area (Å²) in [5, 5.41) is 0.278. The Morgan fingerprint density at radius 2 is 1.59 bits per heavy atom. The van der Waals surface area contributed by atoms with Crippen LogP contribution in [0.3, 0.4) is 0 Å². The van der Waals surface area contributed by atoms with Crippen LogP contribution in [0.15, 0.2) is 30.3 Å². The highest BCUT2D eigenvalue weighted by molar-refractivity contribution is 6.30. The van der Waals surface area contributed by atoms with E-state index < -0.39 is 0 Å². The zero-order valence-corrected chi connectivity index (χ0v) is 10.8. The van der Waals surface area contributed by atoms with E-state index in [0.29, 0.717) is 18.2 Å². The molecule has 0 aliphatic carbocycles. The first-order valence-electron chi connectivity index (χ1n) is 5.26. The number of benzene rings is 1. The molecule has 0 saturated heterocycles. The second-order valence-electron chi connectivity index (χ2n) is 3.81. The highest BCUT2D eigenvalue weighted by Gasteiger charge is 2.10. The van der Waals surface area contributed by atoms with Gasteiger partial charge in [0.1, 0.15) is 5.82 Å². The summed E-state index contributed by atoms with van der Waals surface area (Å²) in [6, 6.07) is 10.2. The molecule has 1 atom stereocenters. The summed E-state index contributed by atoms with van der Waals surface area (Å²) < 4.78 is 0. The molecule has 0 bridgehead atoms. The molecule has 1 heterocycles. The van der Waals surface area contributed by atoms with Crippen molar-refractivity contribution in [1.29, 1.82) is 0 Å². The van der Waals surface area contributed by atoms with Crippen molar-refractivity contribution in [3.63, 3.8) is 0 Å². The number of rotatable bonds is 3. The van der Waals surface area contributed by atoms with Gasteiger partial charge < -0.3 is 0 Å². The van der Waals surface area contributed by atoms with Gasteiger partial charge in [-0.2, -0.15) is 4.98 Å². The average Bonchev–Trinajstić information content (AvgIpc) is 2.28. The predicted octanol–water partition coefficient (Wildman–Crippen LogP) is 3.52. The minimum Gasteiger partial charge on any atom is -0.203 e. The van der Waals surface area contributed by atoms with Gasteiger partial charge in [-0.1, -0.05) is 37.3 Å². The first kappa shape index (κ1) is 12.3. The molecule has 1 aromatic carbocycles. The smallest absolute Gasteiger partial charge is 0.203 e. The van der Waals surface area contributed by atoms with Crippen LogP contribution >= 0.6 is 23.2 Å². The Morgan fingerprint density at radius 3 is 2.18 bits per heavy atom. The highest BCUT2D eigenvalue weighted by atomic mass is 35.5. The normalized spacial score (nSPS) is 12.4. The molecule has 17 heavy (non-hydrogen) atoms. The van der Waals surface area contributed by atoms with Gasteiger partial charge in [-0.05, 0) is 34.7 Å². The van der Waals surface area contributed by atoms with E-state index >= 15 is 0 Å². The molecule has 0 fully saturated rings. The second kappa shape index (κ2) is 5.43. The molecule has 0 spiro atoms. The fourth-order valence-corrected chi connectivity index (χ4v) is 2.03. The minimum absolute atomic E-state index is 0.139. The topological polar surface area (TPSA) is 38.7 Å². The van der Waals surface area contributed by atoms with E-state index in [4.69, 9.17) is 23.2 Å². The SMILES string of the molecule is CC(Cc1nc(Cl)nc(Cl)n1)c1ccccc1. The van der Waals surface area contributed by atoms with Crippen LogP contribution < -0.4 is 0 Å². The lowest BCUT2D eigenvalue weighted by Gasteiger charge is -2.10. The molecule has 5 heteroatoms. The molecule has 2 rings (SSSR count). The quantitative estimate of drug-likeness (QED) is 0.854. The fourth-order valence-electron chi connectivity index (χ4n) is 1.63. The minimum atomic E-state index is 0.139. The number of aromatic nitrogens is 3. The van der Waals surface area contributed by atoms with E-state index in [1.807, 2.05) is 18.2 Å². The van der Waals surface area contributed by atoms with Crippen molar-refractivity contribution >= 4 is 23.2 Å². The van der Waals surface area contributed by atoms with E-state index in [2.05, 4.69) is 34.0 Å². The maximum atomic E-state index is 5.73. The summed E-state index contributed by atoms with van der Waals surface area (Å²) in [5.74, 6) is 0.928. The van der Waals surface area contributed by atoms with Gasteiger partial charge in [-0.3, -0.25) is 0 Å². The van der Waals surface area contributed by atoms with Crippen molar-refractivity contribution in [1.82, 2.24) is 15.0 Å². The van der Waals surface area contributed by atoms with Crippen molar-refractivity contribution in [3.05, 3.63) is 52.3 Å². The van der Waals surface area contributed by atoms with Gasteiger partial charge in [-0.25, -0.2) is 9.97 Å². The molecule has 0 N–H and O–H groups in total. The average molecular weight is 268 g/mol. The molecule has 0 amide bonds. The molecule has 0 aliphatic rings. The van der Waals surface area contributed by atoms with Gasteiger partial charge in [0, 0.05) is 6.42 Å². The Balaban J connectivity index is 2.16. The monoisotopic (exact) mass is 267 g/mol. The van der Waals surface area contributed by atoms with Gasteiger partial charge in [0.15, 0.2) is 0 Å². The van der Waals surface area contributed by atoms with E-state index in [-0.39, 0.29) is 10.6 Å². The highest BCUT2D eigenvalue weighted by Crippen LogP contribution is 2.19. The summed E-state index contributed by atoms with van der Waals surface area (Å²) in [4.78, 5) is 11.8. The summed E-state index contributed by atoms with van der Waals surface area (Å²) in [6.07, 6.45) is 0.686. The molecule has 88 valence electrons. The lowest BCUT2D eigenvalue weighted by molar-refractivity contribution is 0.711. The van der Waals surface area contributed by atoms with Crippen LogP contribution in [-0.4, -0.2) is 15.0 Å². The zero-order chi connectivity index (χ0) is 12.3. The summed E-state index contributed by atoms with van der Waals surface area (Å²) in [6.45, 7) is 2.11. The largest absolute Gasteiger partial charge is 0.226 e. The van der Waals surface area contributed by atoms with Crippen LogP contribution in [0, 0.1) is 0 Å². The van der Waals surface area contributed by atoms with E-state index in [0.717, 1.165) is 0 Å². The zero-order valence-electron chi connectivity index (χ0n) is 9.27. The van der Waals surface area contributed by atoms with Crippen molar-refractivity contribution in [3.8, 4) is 0 Å². The van der Waals surface area contributed by atoms with Crippen LogP contribution in [0.4, 0.5) is 0 Å². The standard InChI is InChI=1S/C12H11Cl2N3/c1-8(9-5-3-2-4-6-9)7-10-15-11(13)17-12(14)16-10/h2-6,8H,7H2,1H3. The third kappa shape index (κ3) is 3.38. The first-order chi connectivity index (χ1) is 8.15. The number of nitrogens with zero attached hydrogens (tertiary/aromatic N) is 3. The molecule has 3 nitrogen and oxygen atoms in total. The van der Waals surface area contributed by atoms with E-state index in [1.165, 1.54) is 5.56 Å². The first-order valence-corrected chi connectivity index (χ1v) is 6.01. The Morgan fingerprint density at radius 1 is 1.00 bits per heavy atom. The third-order valence-electron chi connectivity index (χ3n) is 2.48. The summed E-state index contributed by atoms with van der Waals surface area (Å²) >= 11 is 11.5. The summed E-state index contributed by atoms with van der Waals surface area (Å²) in [7, 11) is 0. The Hall–Kier alpha value is -1.19. The third-order valence-corrected chi connectivity index (χ3v) is 2.82. The molecule has 0 aliphatic heterocycles. The maximum Gasteiger partial charge on any atom is 0.226 e. The van der Waals surface area contributed by atoms with E-state index in [9.17, 15) is 0 Å². The molecular formula is C12H11Cl2N3. The van der Waals surface area contributed by atoms with Crippen LogP contribution in [0.1, 0.15) is 24.2 Å². The van der Waals surface area contributed by atoms with Crippen molar-refractivity contribution < 1.29 is 0 Å². The van der Waals surface area contributed by atoms with E-state index in [1.54, 1.807) is 0 Å². The van der Waals surface area contributed by atoms with Crippen molar-refractivity contribution in [2.45, 2.75) is 19.3 Å². The van der Waals surface area contributed by atoms with Crippen molar-refractivity contribution in [2.24, 2.45) is 0 Å². The van der Waals surface area contributed by atoms with Gasteiger partial charge in [-0.15, -0.1) is 0 Å². The van der Waals surface area contributed by atoms with Crippen LogP contribution in [-0.2, 0) is 6.42 Å². The van der Waals surface area contributed by atoms with Gasteiger partial charge >= 0.3 is 0 Å². The Bertz CT molecular complexity index is 482. The molecule has 0 saturated carbocycles. The number of hydrogen-bond acceptors (Lipinski definition) is 3. The summed E-state index contributed by atoms with van der Waals surface area (Å²) in [5.41, 5.74) is 1.24. The van der Waals surface area contributed by atoms with Crippen LogP contribution in [0.5, 0.6) is 0 Å². The van der Waals surface area contributed by atoms with Gasteiger partial charge in [0.25, 0.3) is 0 Å². The molecule has 1 unspecified atom stereocenters. The lowest BCUT2D eigenvalue weighted by atomic mass is 9.98. The molecule has 1 aromatic heterocycles. The molecular weight excluding hydrogens is 257 g/mol. The predicted molar refractivity (Wildman–Crippen MR) is 68.4 cm³/mol. The Kier molecular flexibility index (Phi) is 3.92. The molecule has 2 aromatic rings. The Labute approximate surface area is 110 Å².